The monoisotopic (exact) mass is 414 g/mol. The Balaban J connectivity index is 1.63. The molecule has 0 spiro atoms. The minimum absolute atomic E-state index is 0.0689. The van der Waals surface area contributed by atoms with Gasteiger partial charge in [-0.2, -0.15) is 5.10 Å². The van der Waals surface area contributed by atoms with Crippen molar-refractivity contribution in [1.29, 1.82) is 0 Å². The first-order valence-corrected chi connectivity index (χ1v) is 10.0. The number of carbonyl (C=O) groups is 2. The molecule has 0 aliphatic rings. The van der Waals surface area contributed by atoms with Crippen LogP contribution in [0.5, 0.6) is 0 Å². The number of rotatable bonds is 8. The molecule has 0 saturated carbocycles. The topological polar surface area (TPSA) is 73.8 Å². The van der Waals surface area contributed by atoms with E-state index in [-0.39, 0.29) is 18.2 Å². The minimum Gasteiger partial charge on any atom is -0.378 e. The van der Waals surface area contributed by atoms with Gasteiger partial charge in [-0.05, 0) is 35.4 Å². The third kappa shape index (κ3) is 6.54. The van der Waals surface area contributed by atoms with E-state index in [0.29, 0.717) is 5.56 Å². The van der Waals surface area contributed by atoms with Crippen LogP contribution in [0.4, 0.5) is 5.69 Å². The van der Waals surface area contributed by atoms with Crippen molar-refractivity contribution in [2.45, 2.75) is 12.5 Å². The average Bonchev–Trinajstić information content (AvgIpc) is 2.80. The Bertz CT molecular complexity index is 1020. The molecular formula is C25H26N4O2. The molecular weight excluding hydrogens is 388 g/mol. The number of benzene rings is 3. The third-order valence-electron chi connectivity index (χ3n) is 4.75. The fourth-order valence-corrected chi connectivity index (χ4v) is 3.04. The van der Waals surface area contributed by atoms with Crippen LogP contribution in [-0.4, -0.2) is 32.1 Å². The standard InChI is InChI=1S/C25H26N4O2/c1-29(2)22-15-13-19(14-16-22)18-26-28-24(30)17-23(20-9-5-3-6-10-20)27-25(31)21-11-7-4-8-12-21/h3-16,18,23H,17H2,1-2H3,(H,27,31)(H,28,30). The largest absolute Gasteiger partial charge is 0.378 e. The summed E-state index contributed by atoms with van der Waals surface area (Å²) in [5.41, 5.74) is 5.91. The maximum absolute atomic E-state index is 12.6. The number of nitrogens with zero attached hydrogens (tertiary/aromatic N) is 2. The Hall–Kier alpha value is -3.93. The van der Waals surface area contributed by atoms with Gasteiger partial charge in [-0.25, -0.2) is 5.43 Å². The second-order valence-corrected chi connectivity index (χ2v) is 7.29. The molecule has 0 aliphatic carbocycles. The number of carbonyl (C=O) groups excluding carboxylic acids is 2. The van der Waals surface area contributed by atoms with E-state index in [1.807, 2.05) is 79.7 Å². The summed E-state index contributed by atoms with van der Waals surface area (Å²) >= 11 is 0. The lowest BCUT2D eigenvalue weighted by Gasteiger charge is -2.18. The van der Waals surface area contributed by atoms with Gasteiger partial charge in [0.1, 0.15) is 0 Å². The number of hydrazone groups is 1. The van der Waals surface area contributed by atoms with Gasteiger partial charge in [0.05, 0.1) is 18.7 Å². The molecule has 0 aromatic heterocycles. The second-order valence-electron chi connectivity index (χ2n) is 7.29. The average molecular weight is 415 g/mol. The first-order valence-electron chi connectivity index (χ1n) is 10.0. The summed E-state index contributed by atoms with van der Waals surface area (Å²) in [5.74, 6) is -0.518. The number of amides is 2. The molecule has 1 atom stereocenters. The summed E-state index contributed by atoms with van der Waals surface area (Å²) in [6.45, 7) is 0. The zero-order valence-corrected chi connectivity index (χ0v) is 17.7. The van der Waals surface area contributed by atoms with Crippen molar-refractivity contribution in [3.05, 3.63) is 102 Å². The molecule has 0 radical (unpaired) electrons. The molecule has 0 fully saturated rings. The van der Waals surface area contributed by atoms with E-state index in [4.69, 9.17) is 0 Å². The van der Waals surface area contributed by atoms with E-state index in [1.54, 1.807) is 30.5 Å². The van der Waals surface area contributed by atoms with E-state index in [9.17, 15) is 9.59 Å². The predicted molar refractivity (Wildman–Crippen MR) is 124 cm³/mol. The summed E-state index contributed by atoms with van der Waals surface area (Å²) in [6, 6.07) is 25.7. The van der Waals surface area contributed by atoms with Crippen molar-refractivity contribution in [3.63, 3.8) is 0 Å². The van der Waals surface area contributed by atoms with Crippen molar-refractivity contribution >= 4 is 23.7 Å². The summed E-state index contributed by atoms with van der Waals surface area (Å²) in [7, 11) is 3.95. The predicted octanol–water partition coefficient (Wildman–Crippen LogP) is 3.76. The normalized spacial score (nSPS) is 11.7. The van der Waals surface area contributed by atoms with Crippen LogP contribution in [0.3, 0.4) is 0 Å². The van der Waals surface area contributed by atoms with Crippen LogP contribution in [0.1, 0.15) is 33.9 Å². The first kappa shape index (κ1) is 21.8. The van der Waals surface area contributed by atoms with E-state index in [0.717, 1.165) is 16.8 Å². The molecule has 0 saturated heterocycles. The van der Waals surface area contributed by atoms with Crippen LogP contribution in [0, 0.1) is 0 Å². The highest BCUT2D eigenvalue weighted by atomic mass is 16.2. The summed E-state index contributed by atoms with van der Waals surface area (Å²) < 4.78 is 0. The second kappa shape index (κ2) is 10.7. The molecule has 6 nitrogen and oxygen atoms in total. The fraction of sp³-hybridized carbons (Fsp3) is 0.160. The van der Waals surface area contributed by atoms with Crippen molar-refractivity contribution in [1.82, 2.24) is 10.7 Å². The summed E-state index contributed by atoms with van der Waals surface area (Å²) in [5, 5.41) is 7.00. The highest BCUT2D eigenvalue weighted by Gasteiger charge is 2.19. The van der Waals surface area contributed by atoms with Crippen molar-refractivity contribution in [2.24, 2.45) is 5.10 Å². The molecule has 0 aliphatic heterocycles. The molecule has 31 heavy (non-hydrogen) atoms. The maximum Gasteiger partial charge on any atom is 0.251 e. The van der Waals surface area contributed by atoms with Gasteiger partial charge in [-0.3, -0.25) is 9.59 Å². The number of hydrogen-bond acceptors (Lipinski definition) is 4. The Labute approximate surface area is 182 Å². The lowest BCUT2D eigenvalue weighted by Crippen LogP contribution is -2.32. The molecule has 2 N–H and O–H groups in total. The van der Waals surface area contributed by atoms with Gasteiger partial charge in [0.2, 0.25) is 5.91 Å². The molecule has 158 valence electrons. The third-order valence-corrected chi connectivity index (χ3v) is 4.75. The number of anilines is 1. The highest BCUT2D eigenvalue weighted by molar-refractivity contribution is 5.94. The lowest BCUT2D eigenvalue weighted by molar-refractivity contribution is -0.121. The molecule has 2 amide bonds. The van der Waals surface area contributed by atoms with Gasteiger partial charge < -0.3 is 10.2 Å². The molecule has 1 unspecified atom stereocenters. The summed E-state index contributed by atoms with van der Waals surface area (Å²) in [4.78, 5) is 27.1. The lowest BCUT2D eigenvalue weighted by atomic mass is 10.0. The molecule has 0 bridgehead atoms. The maximum atomic E-state index is 12.6. The molecule has 0 heterocycles. The molecule has 3 rings (SSSR count). The zero-order chi connectivity index (χ0) is 22.1. The van der Waals surface area contributed by atoms with E-state index in [2.05, 4.69) is 15.8 Å². The Morgan fingerprint density at radius 2 is 1.52 bits per heavy atom. The Morgan fingerprint density at radius 3 is 2.13 bits per heavy atom. The first-order chi connectivity index (χ1) is 15.0. The minimum atomic E-state index is -0.469. The van der Waals surface area contributed by atoms with Crippen LogP contribution < -0.4 is 15.6 Å². The van der Waals surface area contributed by atoms with Crippen LogP contribution in [0.15, 0.2) is 90.0 Å². The van der Waals surface area contributed by atoms with Gasteiger partial charge in [0, 0.05) is 25.3 Å². The van der Waals surface area contributed by atoms with Crippen LogP contribution in [-0.2, 0) is 4.79 Å². The van der Waals surface area contributed by atoms with Gasteiger partial charge >= 0.3 is 0 Å². The van der Waals surface area contributed by atoms with Gasteiger partial charge in [-0.1, -0.05) is 60.7 Å². The molecule has 6 heteroatoms. The highest BCUT2D eigenvalue weighted by Crippen LogP contribution is 2.17. The fourth-order valence-electron chi connectivity index (χ4n) is 3.04. The zero-order valence-electron chi connectivity index (χ0n) is 17.7. The van der Waals surface area contributed by atoms with Crippen LogP contribution in [0.2, 0.25) is 0 Å². The smallest absolute Gasteiger partial charge is 0.251 e. The van der Waals surface area contributed by atoms with Crippen molar-refractivity contribution < 1.29 is 9.59 Å². The molecule has 3 aromatic rings. The van der Waals surface area contributed by atoms with E-state index in [1.165, 1.54) is 0 Å². The number of hydrogen-bond donors (Lipinski definition) is 2. The Morgan fingerprint density at radius 1 is 0.903 bits per heavy atom. The van der Waals surface area contributed by atoms with Gasteiger partial charge in [0.25, 0.3) is 5.91 Å². The quantitative estimate of drug-likeness (QED) is 0.435. The summed E-state index contributed by atoms with van der Waals surface area (Å²) in [6.07, 6.45) is 1.66. The number of nitrogens with one attached hydrogen (secondary N) is 2. The van der Waals surface area contributed by atoms with Crippen molar-refractivity contribution in [2.75, 3.05) is 19.0 Å². The van der Waals surface area contributed by atoms with Crippen LogP contribution in [0.25, 0.3) is 0 Å². The SMILES string of the molecule is CN(C)c1ccc(C=NNC(=O)CC(NC(=O)c2ccccc2)c2ccccc2)cc1. The van der Waals surface area contributed by atoms with E-state index < -0.39 is 6.04 Å². The van der Waals surface area contributed by atoms with Crippen molar-refractivity contribution in [3.8, 4) is 0 Å². The van der Waals surface area contributed by atoms with Gasteiger partial charge in [0.15, 0.2) is 0 Å². The van der Waals surface area contributed by atoms with Crippen LogP contribution >= 0.6 is 0 Å². The Kier molecular flexibility index (Phi) is 7.54. The van der Waals surface area contributed by atoms with E-state index >= 15 is 0 Å². The van der Waals surface area contributed by atoms with Gasteiger partial charge in [-0.15, -0.1) is 0 Å². The molecule has 3 aromatic carbocycles.